The standard InChI is InChI=1S/C31H44N2O5Si/c1-20(2)27-24(19-38-39(8,9)31(3,4)5)32(18-21-13-11-10-12-14-21)30(35)28-26(29(34)33(27)28)23-17-22(36-6)15-16-25(23)37-7/h10-17,20,24,26-28H,18-19H2,1-9H3/t24-,26+,27-,28-/m1/s1. The van der Waals surface area contributed by atoms with Gasteiger partial charge in [0.05, 0.1) is 38.8 Å². The summed E-state index contributed by atoms with van der Waals surface area (Å²) in [6.45, 7) is 16.2. The molecule has 0 N–H and O–H groups in total. The molecule has 7 nitrogen and oxygen atoms in total. The average Bonchev–Trinajstić information content (AvgIpc) is 2.88. The zero-order valence-corrected chi connectivity index (χ0v) is 25.9. The topological polar surface area (TPSA) is 68.3 Å². The van der Waals surface area contributed by atoms with Crippen molar-refractivity contribution < 1.29 is 23.5 Å². The van der Waals surface area contributed by atoms with Gasteiger partial charge in [0.2, 0.25) is 11.8 Å². The minimum Gasteiger partial charge on any atom is -0.497 e. The quantitative estimate of drug-likeness (QED) is 0.305. The highest BCUT2D eigenvalue weighted by Crippen LogP contribution is 2.48. The van der Waals surface area contributed by atoms with Crippen molar-refractivity contribution in [3.8, 4) is 11.5 Å². The molecule has 2 aliphatic heterocycles. The molecule has 39 heavy (non-hydrogen) atoms. The molecule has 212 valence electrons. The van der Waals surface area contributed by atoms with Crippen LogP contribution in [-0.2, 0) is 20.6 Å². The fraction of sp³-hybridized carbons (Fsp3) is 0.548. The van der Waals surface area contributed by atoms with E-state index in [4.69, 9.17) is 13.9 Å². The van der Waals surface area contributed by atoms with E-state index in [-0.39, 0.29) is 34.9 Å². The Kier molecular flexibility index (Phi) is 8.20. The zero-order valence-electron chi connectivity index (χ0n) is 24.9. The third-order valence-electron chi connectivity index (χ3n) is 8.86. The zero-order chi connectivity index (χ0) is 28.7. The summed E-state index contributed by atoms with van der Waals surface area (Å²) in [5, 5.41) is 0.0341. The van der Waals surface area contributed by atoms with Crippen molar-refractivity contribution in [3.05, 3.63) is 59.7 Å². The number of hydrogen-bond donors (Lipinski definition) is 0. The van der Waals surface area contributed by atoms with Gasteiger partial charge in [0.1, 0.15) is 17.5 Å². The molecular formula is C31H44N2O5Si. The van der Waals surface area contributed by atoms with E-state index in [1.165, 1.54) is 0 Å². The minimum atomic E-state index is -2.10. The predicted molar refractivity (Wildman–Crippen MR) is 155 cm³/mol. The van der Waals surface area contributed by atoms with Gasteiger partial charge >= 0.3 is 0 Å². The van der Waals surface area contributed by atoms with Crippen LogP contribution in [0.2, 0.25) is 18.1 Å². The van der Waals surface area contributed by atoms with Crippen LogP contribution in [0.4, 0.5) is 0 Å². The molecule has 2 heterocycles. The Morgan fingerprint density at radius 2 is 1.62 bits per heavy atom. The van der Waals surface area contributed by atoms with Gasteiger partial charge in [0.15, 0.2) is 8.32 Å². The first-order valence-electron chi connectivity index (χ1n) is 13.8. The van der Waals surface area contributed by atoms with Crippen molar-refractivity contribution in [1.82, 2.24) is 9.80 Å². The summed E-state index contributed by atoms with van der Waals surface area (Å²) in [6, 6.07) is 14.5. The van der Waals surface area contributed by atoms with Gasteiger partial charge in [0, 0.05) is 12.1 Å². The summed E-state index contributed by atoms with van der Waals surface area (Å²) in [5.41, 5.74) is 1.75. The van der Waals surface area contributed by atoms with Crippen LogP contribution in [-0.4, -0.2) is 68.9 Å². The van der Waals surface area contributed by atoms with Gasteiger partial charge in [-0.3, -0.25) is 9.59 Å². The Bertz CT molecular complexity index is 1190. The van der Waals surface area contributed by atoms with Gasteiger partial charge in [-0.1, -0.05) is 65.0 Å². The normalized spacial score (nSPS) is 23.5. The highest BCUT2D eigenvalue weighted by Gasteiger charge is 2.62. The number of carbonyl (C=O) groups is 2. The number of fused-ring (bicyclic) bond motifs is 1. The van der Waals surface area contributed by atoms with Gasteiger partial charge < -0.3 is 23.7 Å². The first kappa shape index (κ1) is 29.1. The van der Waals surface area contributed by atoms with Crippen LogP contribution in [0.3, 0.4) is 0 Å². The summed E-state index contributed by atoms with van der Waals surface area (Å²) in [7, 11) is 1.08. The molecule has 0 radical (unpaired) electrons. The highest BCUT2D eigenvalue weighted by atomic mass is 28.4. The summed E-state index contributed by atoms with van der Waals surface area (Å²) in [5.74, 6) is 0.626. The first-order valence-corrected chi connectivity index (χ1v) is 16.8. The maximum atomic E-state index is 14.4. The van der Waals surface area contributed by atoms with Gasteiger partial charge in [-0.05, 0) is 47.8 Å². The Balaban J connectivity index is 1.76. The molecule has 0 aliphatic carbocycles. The molecule has 0 saturated carbocycles. The summed E-state index contributed by atoms with van der Waals surface area (Å²) in [4.78, 5) is 32.1. The summed E-state index contributed by atoms with van der Waals surface area (Å²) < 4.78 is 17.8. The molecule has 8 heteroatoms. The van der Waals surface area contributed by atoms with Crippen LogP contribution < -0.4 is 9.47 Å². The van der Waals surface area contributed by atoms with Crippen molar-refractivity contribution >= 4 is 20.1 Å². The minimum absolute atomic E-state index is 0.0341. The molecule has 2 aliphatic rings. The van der Waals surface area contributed by atoms with E-state index in [2.05, 4.69) is 47.7 Å². The van der Waals surface area contributed by atoms with Crippen molar-refractivity contribution in [2.24, 2.45) is 5.92 Å². The molecule has 2 aromatic carbocycles. The predicted octanol–water partition coefficient (Wildman–Crippen LogP) is 5.46. The number of nitrogens with zero attached hydrogens (tertiary/aromatic N) is 2. The SMILES string of the molecule is COc1ccc(OC)c([C@@H]2C(=O)N3[C@H](C(C)C)[C@@H](CO[Si](C)(C)C(C)(C)C)N(Cc4ccccc4)C(=O)[C@@H]23)c1. The maximum Gasteiger partial charge on any atom is 0.247 e. The van der Waals surface area contributed by atoms with Gasteiger partial charge in [-0.25, -0.2) is 0 Å². The first-order chi connectivity index (χ1) is 18.3. The molecule has 0 bridgehead atoms. The number of piperazine rings is 1. The second-order valence-corrected chi connectivity index (χ2v) is 17.4. The molecule has 0 spiro atoms. The average molecular weight is 553 g/mol. The molecule has 4 rings (SSSR count). The van der Waals surface area contributed by atoms with E-state index >= 15 is 0 Å². The van der Waals surface area contributed by atoms with Crippen molar-refractivity contribution in [3.63, 3.8) is 0 Å². The number of methoxy groups -OCH3 is 2. The van der Waals surface area contributed by atoms with E-state index in [1.807, 2.05) is 46.2 Å². The number of amides is 2. The third-order valence-corrected chi connectivity index (χ3v) is 13.4. The Labute approximate surface area is 234 Å². The lowest BCUT2D eigenvalue weighted by atomic mass is 9.73. The lowest BCUT2D eigenvalue weighted by Gasteiger charge is -2.60. The van der Waals surface area contributed by atoms with Gasteiger partial charge in [-0.2, -0.15) is 0 Å². The Morgan fingerprint density at radius 3 is 2.18 bits per heavy atom. The number of carbonyl (C=O) groups excluding carboxylic acids is 2. The highest BCUT2D eigenvalue weighted by molar-refractivity contribution is 6.74. The van der Waals surface area contributed by atoms with Gasteiger partial charge in [0.25, 0.3) is 0 Å². The number of β-lactam (4-membered cyclic amide) rings is 1. The molecule has 0 aromatic heterocycles. The molecule has 2 aromatic rings. The van der Waals surface area contributed by atoms with Crippen LogP contribution in [0.1, 0.15) is 51.7 Å². The largest absolute Gasteiger partial charge is 0.497 e. The monoisotopic (exact) mass is 552 g/mol. The summed E-state index contributed by atoms with van der Waals surface area (Å²) >= 11 is 0. The van der Waals surface area contributed by atoms with E-state index < -0.39 is 20.3 Å². The lowest BCUT2D eigenvalue weighted by Crippen LogP contribution is -2.78. The van der Waals surface area contributed by atoms with Crippen LogP contribution in [0.5, 0.6) is 11.5 Å². The van der Waals surface area contributed by atoms with E-state index in [1.54, 1.807) is 26.4 Å². The second-order valence-electron chi connectivity index (χ2n) is 12.6. The van der Waals surface area contributed by atoms with Crippen LogP contribution in [0.15, 0.2) is 48.5 Å². The van der Waals surface area contributed by atoms with E-state index in [0.717, 1.165) is 5.56 Å². The van der Waals surface area contributed by atoms with Crippen LogP contribution >= 0.6 is 0 Å². The fourth-order valence-corrected chi connectivity index (χ4v) is 6.65. The van der Waals surface area contributed by atoms with E-state index in [0.29, 0.717) is 30.2 Å². The number of ether oxygens (including phenoxy) is 2. The van der Waals surface area contributed by atoms with E-state index in [9.17, 15) is 9.59 Å². The molecular weight excluding hydrogens is 508 g/mol. The fourth-order valence-electron chi connectivity index (χ4n) is 5.63. The Hall–Kier alpha value is -2.84. The smallest absolute Gasteiger partial charge is 0.247 e. The van der Waals surface area contributed by atoms with Crippen LogP contribution in [0, 0.1) is 5.92 Å². The summed E-state index contributed by atoms with van der Waals surface area (Å²) in [6.07, 6.45) is 0. The molecule has 0 unspecified atom stereocenters. The maximum absolute atomic E-state index is 14.4. The van der Waals surface area contributed by atoms with Gasteiger partial charge in [-0.15, -0.1) is 0 Å². The number of hydrogen-bond acceptors (Lipinski definition) is 5. The van der Waals surface area contributed by atoms with Crippen LogP contribution in [0.25, 0.3) is 0 Å². The lowest BCUT2D eigenvalue weighted by molar-refractivity contribution is -0.184. The Morgan fingerprint density at radius 1 is 0.949 bits per heavy atom. The molecule has 4 atom stereocenters. The number of rotatable bonds is 9. The van der Waals surface area contributed by atoms with Crippen molar-refractivity contribution in [2.75, 3.05) is 20.8 Å². The number of benzene rings is 2. The third kappa shape index (κ3) is 5.33. The van der Waals surface area contributed by atoms with Crippen molar-refractivity contribution in [1.29, 1.82) is 0 Å². The second kappa shape index (κ2) is 11.0. The molecule has 2 saturated heterocycles. The molecule has 2 amide bonds. The van der Waals surface area contributed by atoms with Crippen molar-refractivity contribution in [2.45, 2.75) is 83.3 Å². The molecule has 2 fully saturated rings.